The highest BCUT2D eigenvalue weighted by Crippen LogP contribution is 2.29. The van der Waals surface area contributed by atoms with Gasteiger partial charge < -0.3 is 15.8 Å². The Hall–Kier alpha value is -4.61. The lowest BCUT2D eigenvalue weighted by atomic mass is 10.1. The third-order valence-electron chi connectivity index (χ3n) is 4.95. The van der Waals surface area contributed by atoms with Gasteiger partial charge >= 0.3 is 6.36 Å². The minimum Gasteiger partial charge on any atom is -0.406 e. The molecule has 0 saturated carbocycles. The van der Waals surface area contributed by atoms with Crippen LogP contribution in [-0.2, 0) is 11.3 Å². The molecule has 0 atom stereocenters. The van der Waals surface area contributed by atoms with Crippen LogP contribution in [-0.4, -0.2) is 36.6 Å². The molecule has 12 heteroatoms. The van der Waals surface area contributed by atoms with Crippen molar-refractivity contribution in [3.8, 4) is 17.0 Å². The van der Waals surface area contributed by atoms with Gasteiger partial charge in [0.1, 0.15) is 18.0 Å². The maximum atomic E-state index is 12.6. The van der Waals surface area contributed by atoms with Crippen molar-refractivity contribution in [2.75, 3.05) is 11.1 Å². The number of hydrogen-bond acceptors (Lipinski definition) is 6. The van der Waals surface area contributed by atoms with Crippen LogP contribution in [0.25, 0.3) is 27.8 Å². The number of ether oxygens (including phenoxy) is 1. The summed E-state index contributed by atoms with van der Waals surface area (Å²) in [6.07, 6.45) is -3.06. The fraction of sp³-hybridized carbons (Fsp3) is 0.0909. The summed E-state index contributed by atoms with van der Waals surface area (Å²) in [5.74, 6) is -0.619. The lowest BCUT2D eigenvalue weighted by Crippen LogP contribution is -2.19. The Labute approximate surface area is 189 Å². The molecule has 0 aliphatic heterocycles. The van der Waals surface area contributed by atoms with Crippen LogP contribution < -0.4 is 15.8 Å². The molecule has 0 saturated heterocycles. The van der Waals surface area contributed by atoms with E-state index in [1.807, 2.05) is 30.3 Å². The molecule has 3 aromatic heterocycles. The molecule has 172 valence electrons. The van der Waals surface area contributed by atoms with Crippen molar-refractivity contribution in [2.24, 2.45) is 0 Å². The summed E-state index contributed by atoms with van der Waals surface area (Å²) in [4.78, 5) is 16.8. The number of carbonyl (C=O) groups excluding carboxylic acids is 1. The van der Waals surface area contributed by atoms with Crippen molar-refractivity contribution in [1.82, 2.24) is 24.4 Å². The SMILES string of the molecule is Nc1nc2cc(-c3nn(CC(=O)Nc4ccc(OC(F)(F)F)cc4)c4ccccc34)ccn2n1. The maximum absolute atomic E-state index is 12.6. The van der Waals surface area contributed by atoms with E-state index in [-0.39, 0.29) is 18.2 Å². The zero-order valence-electron chi connectivity index (χ0n) is 17.3. The summed E-state index contributed by atoms with van der Waals surface area (Å²) in [5.41, 5.74) is 8.71. The molecular weight excluding hydrogens is 451 g/mol. The number of rotatable bonds is 5. The van der Waals surface area contributed by atoms with E-state index in [1.54, 1.807) is 21.5 Å². The average Bonchev–Trinajstić information content (AvgIpc) is 3.33. The molecule has 34 heavy (non-hydrogen) atoms. The topological polar surface area (TPSA) is 112 Å². The molecule has 0 aliphatic rings. The summed E-state index contributed by atoms with van der Waals surface area (Å²) >= 11 is 0. The molecule has 0 bridgehead atoms. The van der Waals surface area contributed by atoms with E-state index in [0.717, 1.165) is 28.6 Å². The van der Waals surface area contributed by atoms with Gasteiger partial charge in [-0.25, -0.2) is 4.52 Å². The molecule has 0 aliphatic carbocycles. The molecule has 0 spiro atoms. The minimum atomic E-state index is -4.78. The van der Waals surface area contributed by atoms with Gasteiger partial charge in [0.25, 0.3) is 0 Å². The first-order chi connectivity index (χ1) is 16.2. The zero-order chi connectivity index (χ0) is 23.9. The highest BCUT2D eigenvalue weighted by atomic mass is 19.4. The maximum Gasteiger partial charge on any atom is 0.573 e. The number of halogens is 3. The minimum absolute atomic E-state index is 0.110. The second kappa shape index (κ2) is 8.06. The van der Waals surface area contributed by atoms with Gasteiger partial charge in [0.15, 0.2) is 5.65 Å². The molecule has 9 nitrogen and oxygen atoms in total. The first-order valence-electron chi connectivity index (χ1n) is 9.99. The number of carbonyl (C=O) groups is 1. The van der Waals surface area contributed by atoms with E-state index in [1.165, 1.54) is 12.1 Å². The second-order valence-electron chi connectivity index (χ2n) is 7.33. The number of alkyl halides is 3. The number of amides is 1. The number of aromatic nitrogens is 5. The van der Waals surface area contributed by atoms with Crippen LogP contribution in [0.2, 0.25) is 0 Å². The number of fused-ring (bicyclic) bond motifs is 2. The van der Waals surface area contributed by atoms with Crippen molar-refractivity contribution < 1.29 is 22.7 Å². The average molecular weight is 467 g/mol. The molecule has 0 unspecified atom stereocenters. The number of nitrogens with zero attached hydrogens (tertiary/aromatic N) is 5. The number of para-hydroxylation sites is 1. The van der Waals surface area contributed by atoms with E-state index in [9.17, 15) is 18.0 Å². The zero-order valence-corrected chi connectivity index (χ0v) is 17.3. The third-order valence-corrected chi connectivity index (χ3v) is 4.95. The van der Waals surface area contributed by atoms with Gasteiger partial charge in [-0.2, -0.15) is 10.1 Å². The third kappa shape index (κ3) is 4.33. The summed E-state index contributed by atoms with van der Waals surface area (Å²) in [6.45, 7) is -0.110. The largest absolute Gasteiger partial charge is 0.573 e. The monoisotopic (exact) mass is 467 g/mol. The Balaban J connectivity index is 1.39. The van der Waals surface area contributed by atoms with Gasteiger partial charge in [-0.3, -0.25) is 9.48 Å². The molecule has 0 radical (unpaired) electrons. The lowest BCUT2D eigenvalue weighted by Gasteiger charge is -2.10. The Morgan fingerprint density at radius 2 is 1.82 bits per heavy atom. The molecule has 5 rings (SSSR count). The molecule has 0 fully saturated rings. The van der Waals surface area contributed by atoms with Crippen molar-refractivity contribution in [3.63, 3.8) is 0 Å². The molecule has 3 heterocycles. The number of nitrogen functional groups attached to an aromatic ring is 1. The normalized spacial score (nSPS) is 11.7. The van der Waals surface area contributed by atoms with Crippen molar-refractivity contribution in [1.29, 1.82) is 0 Å². The fourth-order valence-electron chi connectivity index (χ4n) is 3.58. The Bertz CT molecular complexity index is 1510. The summed E-state index contributed by atoms with van der Waals surface area (Å²) in [5, 5.41) is 12.2. The van der Waals surface area contributed by atoms with Gasteiger partial charge in [0, 0.05) is 22.8 Å². The standard InChI is InChI=1S/C22H16F3N7O2/c23-22(24,25)34-15-7-5-14(6-8-15)27-19(33)12-32-17-4-2-1-3-16(17)20(29-32)13-9-10-31-18(11-13)28-21(26)30-31/h1-11H,12H2,(H2,26,30)(H,27,33). The number of anilines is 2. The fourth-order valence-corrected chi connectivity index (χ4v) is 3.58. The molecule has 2 aromatic carbocycles. The van der Waals surface area contributed by atoms with Crippen LogP contribution >= 0.6 is 0 Å². The highest BCUT2D eigenvalue weighted by Gasteiger charge is 2.31. The van der Waals surface area contributed by atoms with Gasteiger partial charge in [0.2, 0.25) is 11.9 Å². The smallest absolute Gasteiger partial charge is 0.406 e. The number of nitrogens with two attached hydrogens (primary N) is 1. The van der Waals surface area contributed by atoms with E-state index in [0.29, 0.717) is 17.0 Å². The summed E-state index contributed by atoms with van der Waals surface area (Å²) < 4.78 is 43.9. The number of benzene rings is 2. The van der Waals surface area contributed by atoms with Crippen LogP contribution in [0.1, 0.15) is 0 Å². The first-order valence-corrected chi connectivity index (χ1v) is 9.99. The van der Waals surface area contributed by atoms with Gasteiger partial charge in [0.05, 0.1) is 5.52 Å². The van der Waals surface area contributed by atoms with Crippen molar-refractivity contribution >= 4 is 34.1 Å². The van der Waals surface area contributed by atoms with Crippen molar-refractivity contribution in [2.45, 2.75) is 12.9 Å². The van der Waals surface area contributed by atoms with Crippen LogP contribution in [0.5, 0.6) is 5.75 Å². The molecule has 3 N–H and O–H groups in total. The predicted molar refractivity (Wildman–Crippen MR) is 118 cm³/mol. The molecular formula is C22H16F3N7O2. The van der Waals surface area contributed by atoms with Crippen LogP contribution in [0.3, 0.4) is 0 Å². The lowest BCUT2D eigenvalue weighted by molar-refractivity contribution is -0.274. The van der Waals surface area contributed by atoms with Crippen molar-refractivity contribution in [3.05, 3.63) is 66.9 Å². The van der Waals surface area contributed by atoms with E-state index < -0.39 is 12.3 Å². The highest BCUT2D eigenvalue weighted by molar-refractivity contribution is 5.96. The van der Waals surface area contributed by atoms with Gasteiger partial charge in [-0.1, -0.05) is 18.2 Å². The number of nitrogens with one attached hydrogen (secondary N) is 1. The van der Waals surface area contributed by atoms with E-state index in [4.69, 9.17) is 5.73 Å². The van der Waals surface area contributed by atoms with Crippen LogP contribution in [0, 0.1) is 0 Å². The first kappa shape index (κ1) is 21.2. The predicted octanol–water partition coefficient (Wildman–Crippen LogP) is 3.87. The Morgan fingerprint density at radius 3 is 2.59 bits per heavy atom. The van der Waals surface area contributed by atoms with Gasteiger partial charge in [-0.05, 0) is 42.5 Å². The second-order valence-corrected chi connectivity index (χ2v) is 7.33. The Kier molecular flexibility index (Phi) is 5.04. The number of hydrogen-bond donors (Lipinski definition) is 2. The number of pyridine rings is 1. The van der Waals surface area contributed by atoms with Crippen LogP contribution in [0.15, 0.2) is 66.9 Å². The summed E-state index contributed by atoms with van der Waals surface area (Å²) in [7, 11) is 0. The van der Waals surface area contributed by atoms with E-state index >= 15 is 0 Å². The molecule has 5 aromatic rings. The van der Waals surface area contributed by atoms with E-state index in [2.05, 4.69) is 25.2 Å². The summed E-state index contributed by atoms with van der Waals surface area (Å²) in [6, 6.07) is 16.0. The van der Waals surface area contributed by atoms with Gasteiger partial charge in [-0.15, -0.1) is 18.3 Å². The van der Waals surface area contributed by atoms with Crippen LogP contribution in [0.4, 0.5) is 24.8 Å². The molecule has 1 amide bonds. The quantitative estimate of drug-likeness (QED) is 0.406. The Morgan fingerprint density at radius 1 is 1.06 bits per heavy atom.